The van der Waals surface area contributed by atoms with E-state index in [-0.39, 0.29) is 6.42 Å². The maximum absolute atomic E-state index is 12.9. The number of carbonyl (C=O) groups is 1. The summed E-state index contributed by atoms with van der Waals surface area (Å²) in [4.78, 5) is 11.6. The van der Waals surface area contributed by atoms with Gasteiger partial charge >= 0.3 is 12.1 Å². The lowest BCUT2D eigenvalue weighted by molar-refractivity contribution is -0.220. The Balaban J connectivity index is 2.53. The van der Waals surface area contributed by atoms with E-state index >= 15 is 0 Å². The molecule has 0 aliphatic rings. The van der Waals surface area contributed by atoms with Crippen LogP contribution in [0.4, 0.5) is 13.2 Å². The monoisotopic (exact) mass is 314 g/mol. The third kappa shape index (κ3) is 7.29. The van der Waals surface area contributed by atoms with Crippen LogP contribution in [0.2, 0.25) is 0 Å². The van der Waals surface area contributed by atoms with Gasteiger partial charge in [0.25, 0.3) is 0 Å². The van der Waals surface area contributed by atoms with E-state index in [0.717, 1.165) is 24.5 Å². The Morgan fingerprint density at radius 2 is 1.86 bits per heavy atom. The molecule has 1 aromatic carbocycles. The van der Waals surface area contributed by atoms with Gasteiger partial charge in [-0.3, -0.25) is 0 Å². The predicted molar refractivity (Wildman–Crippen MR) is 80.2 cm³/mol. The lowest BCUT2D eigenvalue weighted by atomic mass is 10.1. The fraction of sp³-hybridized carbons (Fsp3) is 0.471. The number of halogens is 3. The van der Waals surface area contributed by atoms with Gasteiger partial charge in [-0.15, -0.1) is 0 Å². The van der Waals surface area contributed by atoms with Crippen molar-refractivity contribution in [1.29, 1.82) is 0 Å². The zero-order valence-corrected chi connectivity index (χ0v) is 12.6. The third-order valence-corrected chi connectivity index (χ3v) is 3.15. The molecule has 1 unspecified atom stereocenters. The van der Waals surface area contributed by atoms with Gasteiger partial charge in [-0.2, -0.15) is 13.2 Å². The first-order chi connectivity index (χ1) is 10.4. The van der Waals surface area contributed by atoms with E-state index in [0.29, 0.717) is 12.8 Å². The molecule has 1 rings (SSSR count). The Kier molecular flexibility index (Phi) is 7.71. The Morgan fingerprint density at radius 1 is 1.18 bits per heavy atom. The van der Waals surface area contributed by atoms with Gasteiger partial charge in [-0.25, -0.2) is 4.79 Å². The van der Waals surface area contributed by atoms with Crippen molar-refractivity contribution in [3.8, 4) is 0 Å². The molecule has 0 spiro atoms. The summed E-state index contributed by atoms with van der Waals surface area (Å²) in [5.74, 6) is -0.971. The Hall–Kier alpha value is -1.78. The normalized spacial score (nSPS) is 13.3. The predicted octanol–water partition coefficient (Wildman–Crippen LogP) is 5.14. The third-order valence-electron chi connectivity index (χ3n) is 3.15. The van der Waals surface area contributed by atoms with Crippen molar-refractivity contribution in [1.82, 2.24) is 0 Å². The summed E-state index contributed by atoms with van der Waals surface area (Å²) in [6, 6.07) is 8.85. The van der Waals surface area contributed by atoms with Gasteiger partial charge in [0.05, 0.1) is 0 Å². The zero-order chi connectivity index (χ0) is 16.4. The largest absolute Gasteiger partial charge is 0.450 e. The van der Waals surface area contributed by atoms with E-state index in [1.807, 2.05) is 13.0 Å². The molecular formula is C17H21F3O2. The first-order valence-electron chi connectivity index (χ1n) is 7.44. The Labute approximate surface area is 129 Å². The number of hydrogen-bond acceptors (Lipinski definition) is 2. The lowest BCUT2D eigenvalue weighted by Crippen LogP contribution is -2.33. The molecule has 0 fully saturated rings. The smallest absolute Gasteiger partial charge is 0.425 e. The van der Waals surface area contributed by atoms with E-state index in [2.05, 4.69) is 4.74 Å². The van der Waals surface area contributed by atoms with Crippen LogP contribution in [-0.4, -0.2) is 18.2 Å². The van der Waals surface area contributed by atoms with Gasteiger partial charge in [-0.1, -0.05) is 56.5 Å². The SMILES string of the molecule is CCCCCCC(OC(=O)C=Cc1ccccc1)C(F)(F)F. The van der Waals surface area contributed by atoms with Crippen molar-refractivity contribution >= 4 is 12.0 Å². The number of esters is 1. The van der Waals surface area contributed by atoms with Crippen LogP contribution in [0.15, 0.2) is 36.4 Å². The summed E-state index contributed by atoms with van der Waals surface area (Å²) < 4.78 is 43.1. The van der Waals surface area contributed by atoms with Crippen molar-refractivity contribution in [2.24, 2.45) is 0 Å². The van der Waals surface area contributed by atoms with Crippen LogP contribution in [0.3, 0.4) is 0 Å². The summed E-state index contributed by atoms with van der Waals surface area (Å²) in [6.07, 6.45) is -1.35. The minimum atomic E-state index is -4.53. The molecule has 0 saturated heterocycles. The Bertz CT molecular complexity index is 467. The molecule has 1 atom stereocenters. The first kappa shape index (κ1) is 18.3. The van der Waals surface area contributed by atoms with Gasteiger partial charge in [0.15, 0.2) is 6.10 Å². The average Bonchev–Trinajstić information content (AvgIpc) is 2.48. The molecule has 1 aromatic rings. The van der Waals surface area contributed by atoms with Crippen LogP contribution < -0.4 is 0 Å². The molecular weight excluding hydrogens is 293 g/mol. The average molecular weight is 314 g/mol. The van der Waals surface area contributed by atoms with Crippen molar-refractivity contribution in [3.63, 3.8) is 0 Å². The van der Waals surface area contributed by atoms with Gasteiger partial charge in [0, 0.05) is 6.08 Å². The van der Waals surface area contributed by atoms with Gasteiger partial charge in [0.1, 0.15) is 0 Å². The summed E-state index contributed by atoms with van der Waals surface area (Å²) >= 11 is 0. The molecule has 0 amide bonds. The minimum absolute atomic E-state index is 0.186. The highest BCUT2D eigenvalue weighted by atomic mass is 19.4. The summed E-state index contributed by atoms with van der Waals surface area (Å²) in [7, 11) is 0. The van der Waals surface area contributed by atoms with Crippen LogP contribution in [0.25, 0.3) is 6.08 Å². The van der Waals surface area contributed by atoms with E-state index < -0.39 is 18.2 Å². The van der Waals surface area contributed by atoms with E-state index in [4.69, 9.17) is 0 Å². The molecule has 0 saturated carbocycles. The van der Waals surface area contributed by atoms with Crippen LogP contribution in [0.5, 0.6) is 0 Å². The Morgan fingerprint density at radius 3 is 2.45 bits per heavy atom. The molecule has 0 aliphatic heterocycles. The van der Waals surface area contributed by atoms with Gasteiger partial charge in [0.2, 0.25) is 0 Å². The van der Waals surface area contributed by atoms with Crippen molar-refractivity contribution in [2.75, 3.05) is 0 Å². The van der Waals surface area contributed by atoms with Crippen LogP contribution in [-0.2, 0) is 9.53 Å². The molecule has 22 heavy (non-hydrogen) atoms. The molecule has 122 valence electrons. The van der Waals surface area contributed by atoms with Crippen molar-refractivity contribution < 1.29 is 22.7 Å². The number of unbranched alkanes of at least 4 members (excludes halogenated alkanes) is 3. The summed E-state index contributed by atoms with van der Waals surface area (Å²) in [6.45, 7) is 1.98. The topological polar surface area (TPSA) is 26.3 Å². The molecule has 0 radical (unpaired) electrons. The first-order valence-corrected chi connectivity index (χ1v) is 7.44. The number of hydrogen-bond donors (Lipinski definition) is 0. The molecule has 0 aliphatic carbocycles. The van der Waals surface area contributed by atoms with Crippen molar-refractivity contribution in [3.05, 3.63) is 42.0 Å². The summed E-state index contributed by atoms with van der Waals surface area (Å²) in [5, 5.41) is 0. The van der Waals surface area contributed by atoms with Gasteiger partial charge < -0.3 is 4.74 Å². The number of carbonyl (C=O) groups excluding carboxylic acids is 1. The van der Waals surface area contributed by atoms with Crippen LogP contribution in [0, 0.1) is 0 Å². The highest BCUT2D eigenvalue weighted by Crippen LogP contribution is 2.27. The fourth-order valence-corrected chi connectivity index (χ4v) is 1.95. The second kappa shape index (κ2) is 9.28. The maximum Gasteiger partial charge on any atom is 0.425 e. The number of rotatable bonds is 8. The van der Waals surface area contributed by atoms with E-state index in [1.165, 1.54) is 6.08 Å². The quantitative estimate of drug-likeness (QED) is 0.377. The van der Waals surface area contributed by atoms with E-state index in [1.54, 1.807) is 24.3 Å². The highest BCUT2D eigenvalue weighted by molar-refractivity contribution is 5.87. The van der Waals surface area contributed by atoms with E-state index in [9.17, 15) is 18.0 Å². The fourth-order valence-electron chi connectivity index (χ4n) is 1.95. The molecule has 0 aromatic heterocycles. The second-order valence-corrected chi connectivity index (χ2v) is 5.06. The van der Waals surface area contributed by atoms with Crippen LogP contribution in [0.1, 0.15) is 44.6 Å². The van der Waals surface area contributed by atoms with Crippen LogP contribution >= 0.6 is 0 Å². The number of benzene rings is 1. The molecule has 0 N–H and O–H groups in total. The van der Waals surface area contributed by atoms with Gasteiger partial charge in [-0.05, 0) is 24.5 Å². The number of ether oxygens (including phenoxy) is 1. The molecule has 0 bridgehead atoms. The highest BCUT2D eigenvalue weighted by Gasteiger charge is 2.41. The lowest BCUT2D eigenvalue weighted by Gasteiger charge is -2.19. The zero-order valence-electron chi connectivity index (χ0n) is 12.6. The second-order valence-electron chi connectivity index (χ2n) is 5.06. The maximum atomic E-state index is 12.9. The summed E-state index contributed by atoms with van der Waals surface area (Å²) in [5.41, 5.74) is 0.728. The number of alkyl halides is 3. The molecule has 5 heteroatoms. The van der Waals surface area contributed by atoms with Crippen molar-refractivity contribution in [2.45, 2.75) is 51.3 Å². The molecule has 2 nitrogen and oxygen atoms in total. The molecule has 0 heterocycles. The minimum Gasteiger partial charge on any atom is -0.450 e. The standard InChI is InChI=1S/C17H21F3O2/c1-2-3-4-8-11-15(17(18,19)20)22-16(21)13-12-14-9-6-5-7-10-14/h5-7,9-10,12-13,15H,2-4,8,11H2,1H3.